The molecule has 5 heteroatoms. The maximum absolute atomic E-state index is 11.0. The average molecular weight is 407 g/mol. The summed E-state index contributed by atoms with van der Waals surface area (Å²) in [6.07, 6.45) is 1.87. The Morgan fingerprint density at radius 2 is 1.50 bits per heavy atom. The van der Waals surface area contributed by atoms with Crippen LogP contribution in [0.15, 0.2) is 42.6 Å². The number of hydrogen-bond acceptors (Lipinski definition) is 4. The monoisotopic (exact) mass is 406 g/mol. The number of H-pyrrole nitrogens is 1. The number of hydrogen-bond donors (Lipinski definition) is 3. The number of nitrogens with two attached hydrogens (primary N) is 1. The van der Waals surface area contributed by atoms with Crippen molar-refractivity contribution in [2.24, 2.45) is 0 Å². The van der Waals surface area contributed by atoms with Crippen LogP contribution in [0.5, 0.6) is 5.75 Å². The van der Waals surface area contributed by atoms with Gasteiger partial charge in [-0.3, -0.25) is 0 Å². The largest absolute Gasteiger partial charge is 0.507 e. The van der Waals surface area contributed by atoms with Gasteiger partial charge in [-0.25, -0.2) is 4.98 Å². The highest BCUT2D eigenvalue weighted by Gasteiger charge is 2.27. The van der Waals surface area contributed by atoms with Crippen molar-refractivity contribution in [3.8, 4) is 17.0 Å². The smallest absolute Gasteiger partial charge is 0.126 e. The Balaban J connectivity index is 1.95. The van der Waals surface area contributed by atoms with E-state index in [9.17, 15) is 5.11 Å². The van der Waals surface area contributed by atoms with E-state index in [1.54, 1.807) is 0 Å². The minimum atomic E-state index is -0.168. The number of nitrogens with zero attached hydrogens (tertiary/aromatic N) is 2. The zero-order valence-corrected chi connectivity index (χ0v) is 19.2. The fraction of sp³-hybridized carbons (Fsp3) is 0.400. The molecule has 0 atom stereocenters. The first-order valence-corrected chi connectivity index (χ1v) is 10.3. The highest BCUT2D eigenvalue weighted by molar-refractivity contribution is 5.66. The van der Waals surface area contributed by atoms with E-state index in [0.717, 1.165) is 39.6 Å². The number of anilines is 2. The highest BCUT2D eigenvalue weighted by Crippen LogP contribution is 2.41. The Bertz CT molecular complexity index is 986. The molecule has 3 rings (SSSR count). The van der Waals surface area contributed by atoms with E-state index in [2.05, 4.69) is 68.5 Å². The third-order valence-corrected chi connectivity index (χ3v) is 5.39. The maximum Gasteiger partial charge on any atom is 0.126 e. The number of aromatic hydroxyl groups is 1. The number of aromatic amines is 1. The van der Waals surface area contributed by atoms with E-state index < -0.39 is 0 Å². The lowest BCUT2D eigenvalue weighted by atomic mass is 9.78. The summed E-state index contributed by atoms with van der Waals surface area (Å²) < 4.78 is 0. The van der Waals surface area contributed by atoms with Crippen molar-refractivity contribution in [2.45, 2.75) is 58.9 Å². The van der Waals surface area contributed by atoms with Crippen LogP contribution in [0.2, 0.25) is 0 Å². The predicted octanol–water partition coefficient (Wildman–Crippen LogP) is 5.60. The lowest BCUT2D eigenvalue weighted by Crippen LogP contribution is -2.17. The topological polar surface area (TPSA) is 78.2 Å². The van der Waals surface area contributed by atoms with Crippen LogP contribution >= 0.6 is 0 Å². The molecule has 3 aromatic rings. The summed E-state index contributed by atoms with van der Waals surface area (Å²) in [7, 11) is 2.03. The third-order valence-electron chi connectivity index (χ3n) is 5.39. The molecule has 2 aromatic carbocycles. The van der Waals surface area contributed by atoms with Gasteiger partial charge in [0.1, 0.15) is 11.6 Å². The van der Waals surface area contributed by atoms with Gasteiger partial charge in [-0.1, -0.05) is 41.5 Å². The number of phenols is 1. The van der Waals surface area contributed by atoms with E-state index in [1.807, 2.05) is 37.5 Å². The highest BCUT2D eigenvalue weighted by atomic mass is 16.3. The maximum atomic E-state index is 11.0. The van der Waals surface area contributed by atoms with Crippen molar-refractivity contribution in [3.05, 3.63) is 59.5 Å². The third kappa shape index (κ3) is 4.61. The summed E-state index contributed by atoms with van der Waals surface area (Å²) in [6.45, 7) is 13.4. The molecule has 5 nitrogen and oxygen atoms in total. The van der Waals surface area contributed by atoms with Gasteiger partial charge in [-0.05, 0) is 47.2 Å². The van der Waals surface area contributed by atoms with Gasteiger partial charge in [-0.15, -0.1) is 0 Å². The minimum absolute atomic E-state index is 0.168. The molecule has 0 amide bonds. The molecule has 4 N–H and O–H groups in total. The van der Waals surface area contributed by atoms with Gasteiger partial charge in [0.25, 0.3) is 0 Å². The van der Waals surface area contributed by atoms with Crippen LogP contribution in [0, 0.1) is 0 Å². The van der Waals surface area contributed by atoms with Crippen LogP contribution in [-0.2, 0) is 17.4 Å². The molecule has 0 bridgehead atoms. The Morgan fingerprint density at radius 3 is 2.00 bits per heavy atom. The molecule has 0 saturated carbocycles. The van der Waals surface area contributed by atoms with E-state index in [0.29, 0.717) is 12.3 Å². The molecule has 0 aliphatic heterocycles. The van der Waals surface area contributed by atoms with E-state index >= 15 is 0 Å². The lowest BCUT2D eigenvalue weighted by molar-refractivity contribution is 0.423. The van der Waals surface area contributed by atoms with Crippen LogP contribution in [0.1, 0.15) is 58.5 Å². The van der Waals surface area contributed by atoms with Crippen LogP contribution in [0.25, 0.3) is 11.3 Å². The number of aromatic nitrogens is 2. The first-order valence-electron chi connectivity index (χ1n) is 10.3. The SMILES string of the molecule is CN(Cc1ncc(-c2cc(C(C)(C)C)c(O)c(C(C)(C)C)c2)[nH]1)c1ccc(N)cc1. The molecule has 0 radical (unpaired) electrons. The number of nitrogen functional groups attached to an aromatic ring is 1. The summed E-state index contributed by atoms with van der Waals surface area (Å²) in [6, 6.07) is 12.0. The molecule has 160 valence electrons. The molecule has 0 spiro atoms. The zero-order valence-electron chi connectivity index (χ0n) is 19.2. The van der Waals surface area contributed by atoms with Gasteiger partial charge in [0.15, 0.2) is 0 Å². The van der Waals surface area contributed by atoms with Crippen LogP contribution in [-0.4, -0.2) is 22.1 Å². The summed E-state index contributed by atoms with van der Waals surface area (Å²) >= 11 is 0. The Morgan fingerprint density at radius 1 is 0.967 bits per heavy atom. The van der Waals surface area contributed by atoms with Crippen LogP contribution < -0.4 is 10.6 Å². The zero-order chi connectivity index (χ0) is 22.3. The van der Waals surface area contributed by atoms with Crippen molar-refractivity contribution >= 4 is 11.4 Å². The van der Waals surface area contributed by atoms with Crippen molar-refractivity contribution in [1.82, 2.24) is 9.97 Å². The second kappa shape index (κ2) is 7.71. The molecule has 0 aliphatic carbocycles. The van der Waals surface area contributed by atoms with Crippen LogP contribution in [0.4, 0.5) is 11.4 Å². The van der Waals surface area contributed by atoms with Crippen molar-refractivity contribution < 1.29 is 5.11 Å². The predicted molar refractivity (Wildman–Crippen MR) is 126 cm³/mol. The summed E-state index contributed by atoms with van der Waals surface area (Å²) in [5.41, 5.74) is 11.2. The molecule has 0 unspecified atom stereocenters. The molecular weight excluding hydrogens is 372 g/mol. The molecule has 0 fully saturated rings. The van der Waals surface area contributed by atoms with Crippen molar-refractivity contribution in [2.75, 3.05) is 17.7 Å². The van der Waals surface area contributed by atoms with E-state index in [-0.39, 0.29) is 10.8 Å². The molecule has 1 heterocycles. The fourth-order valence-electron chi connectivity index (χ4n) is 3.57. The summed E-state index contributed by atoms with van der Waals surface area (Å²) in [5, 5.41) is 11.0. The number of rotatable bonds is 4. The first-order chi connectivity index (χ1) is 13.9. The standard InChI is InChI=1S/C25H34N4O/c1-24(2,3)19-12-16(13-20(23(19)30)25(4,5)6)21-14-27-22(28-21)15-29(7)18-10-8-17(26)9-11-18/h8-14,30H,15,26H2,1-7H3,(H,27,28). The second-order valence-corrected chi connectivity index (χ2v) is 10.1. The Labute approximate surface area is 180 Å². The van der Waals surface area contributed by atoms with Crippen molar-refractivity contribution in [3.63, 3.8) is 0 Å². The average Bonchev–Trinajstić information content (AvgIpc) is 3.09. The number of imidazole rings is 1. The molecular formula is C25H34N4O. The minimum Gasteiger partial charge on any atom is -0.507 e. The quantitative estimate of drug-likeness (QED) is 0.493. The van der Waals surface area contributed by atoms with Crippen LogP contribution in [0.3, 0.4) is 0 Å². The second-order valence-electron chi connectivity index (χ2n) is 10.1. The Kier molecular flexibility index (Phi) is 5.59. The molecule has 0 saturated heterocycles. The molecule has 1 aromatic heterocycles. The van der Waals surface area contributed by atoms with E-state index in [1.165, 1.54) is 0 Å². The van der Waals surface area contributed by atoms with Gasteiger partial charge in [-0.2, -0.15) is 0 Å². The van der Waals surface area contributed by atoms with Gasteiger partial charge in [0.05, 0.1) is 18.4 Å². The normalized spacial score (nSPS) is 12.2. The molecule has 0 aliphatic rings. The van der Waals surface area contributed by atoms with E-state index in [4.69, 9.17) is 5.73 Å². The fourth-order valence-corrected chi connectivity index (χ4v) is 3.57. The Hall–Kier alpha value is -2.95. The molecule has 30 heavy (non-hydrogen) atoms. The number of nitrogens with one attached hydrogen (secondary N) is 1. The lowest BCUT2D eigenvalue weighted by Gasteiger charge is -2.28. The van der Waals surface area contributed by atoms with Gasteiger partial charge >= 0.3 is 0 Å². The number of benzene rings is 2. The first kappa shape index (κ1) is 21.8. The summed E-state index contributed by atoms with van der Waals surface area (Å²) in [5.74, 6) is 1.27. The number of phenolic OH excluding ortho intramolecular Hbond substituents is 1. The van der Waals surface area contributed by atoms with Gasteiger partial charge < -0.3 is 20.7 Å². The van der Waals surface area contributed by atoms with Gasteiger partial charge in [0, 0.05) is 35.1 Å². The van der Waals surface area contributed by atoms with Gasteiger partial charge in [0.2, 0.25) is 0 Å². The van der Waals surface area contributed by atoms with Crippen molar-refractivity contribution in [1.29, 1.82) is 0 Å². The summed E-state index contributed by atoms with van der Waals surface area (Å²) in [4.78, 5) is 10.2.